The molecule has 0 amide bonds. The van der Waals surface area contributed by atoms with Crippen LogP contribution in [0.2, 0.25) is 0 Å². The van der Waals surface area contributed by atoms with Gasteiger partial charge in [-0.15, -0.1) is 0 Å². The number of carbonyl (C=O) groups is 1. The summed E-state index contributed by atoms with van der Waals surface area (Å²) in [5, 5.41) is 0. The van der Waals surface area contributed by atoms with E-state index in [0.29, 0.717) is 26.2 Å². The second-order valence-electron chi connectivity index (χ2n) is 5.37. The maximum atomic E-state index is 11.5. The van der Waals surface area contributed by atoms with Gasteiger partial charge in [-0.2, -0.15) is 0 Å². The topological polar surface area (TPSA) is 54.0 Å². The van der Waals surface area contributed by atoms with Crippen LogP contribution in [0.3, 0.4) is 0 Å². The molecule has 130 valence electrons. The molecule has 0 aromatic carbocycles. The van der Waals surface area contributed by atoms with Crippen molar-refractivity contribution < 1.29 is 23.7 Å². The molecule has 0 aliphatic rings. The second kappa shape index (κ2) is 14.0. The van der Waals surface area contributed by atoms with Crippen molar-refractivity contribution in [3.05, 3.63) is 0 Å². The van der Waals surface area contributed by atoms with Gasteiger partial charge in [-0.1, -0.05) is 40.0 Å². The highest BCUT2D eigenvalue weighted by Crippen LogP contribution is 2.24. The van der Waals surface area contributed by atoms with E-state index in [9.17, 15) is 4.79 Å². The van der Waals surface area contributed by atoms with E-state index in [4.69, 9.17) is 18.9 Å². The van der Waals surface area contributed by atoms with Gasteiger partial charge < -0.3 is 18.9 Å². The van der Waals surface area contributed by atoms with E-state index < -0.39 is 5.97 Å². The maximum Gasteiger partial charge on any atom is 0.325 e. The molecular formula is C16H33BO5. The zero-order valence-corrected chi connectivity index (χ0v) is 14.8. The fourth-order valence-corrected chi connectivity index (χ4v) is 1.81. The number of hydrogen-bond donors (Lipinski definition) is 0. The Labute approximate surface area is 136 Å². The maximum absolute atomic E-state index is 11.5. The molecule has 0 aromatic rings. The van der Waals surface area contributed by atoms with E-state index in [1.54, 1.807) is 0 Å². The van der Waals surface area contributed by atoms with Crippen molar-refractivity contribution in [3.8, 4) is 0 Å². The van der Waals surface area contributed by atoms with Crippen LogP contribution in [-0.4, -0.2) is 39.8 Å². The Balaban J connectivity index is 4.71. The number of ether oxygens (including phenoxy) is 3. The second-order valence-corrected chi connectivity index (χ2v) is 5.37. The Morgan fingerprint density at radius 1 is 0.864 bits per heavy atom. The zero-order chi connectivity index (χ0) is 16.7. The molecule has 0 saturated carbocycles. The average molecular weight is 316 g/mol. The van der Waals surface area contributed by atoms with Crippen molar-refractivity contribution in [1.29, 1.82) is 0 Å². The molecule has 0 radical (unpaired) electrons. The van der Waals surface area contributed by atoms with E-state index in [0.717, 1.165) is 38.5 Å². The van der Waals surface area contributed by atoms with Gasteiger partial charge in [0.1, 0.15) is 0 Å². The largest absolute Gasteiger partial charge is 0.543 e. The number of unbranched alkanes of at least 4 members (excludes halogenated alkanes) is 3. The van der Waals surface area contributed by atoms with Gasteiger partial charge in [0, 0.05) is 6.42 Å². The summed E-state index contributed by atoms with van der Waals surface area (Å²) in [5.41, 5.74) is 0. The van der Waals surface area contributed by atoms with Crippen LogP contribution in [0, 0.1) is 0 Å². The summed E-state index contributed by atoms with van der Waals surface area (Å²) in [5.74, 6) is -1.39. The van der Waals surface area contributed by atoms with Gasteiger partial charge in [-0.25, -0.2) is 0 Å². The highest BCUT2D eigenvalue weighted by atomic mass is 16.9. The Morgan fingerprint density at radius 3 is 1.59 bits per heavy atom. The number of hydrogen-bond acceptors (Lipinski definition) is 5. The molecule has 0 rings (SSSR count). The lowest BCUT2D eigenvalue weighted by molar-refractivity contribution is -0.383. The average Bonchev–Trinajstić information content (AvgIpc) is 2.53. The van der Waals surface area contributed by atoms with Crippen molar-refractivity contribution in [2.24, 2.45) is 0 Å². The molecule has 0 spiro atoms. The van der Waals surface area contributed by atoms with Crippen LogP contribution < -0.4 is 0 Å². The predicted molar refractivity (Wildman–Crippen MR) is 89.2 cm³/mol. The van der Waals surface area contributed by atoms with Crippen molar-refractivity contribution >= 4 is 14.0 Å². The molecule has 0 fully saturated rings. The summed E-state index contributed by atoms with van der Waals surface area (Å²) < 4.78 is 22.4. The van der Waals surface area contributed by atoms with Crippen molar-refractivity contribution in [2.75, 3.05) is 19.8 Å². The third-order valence-electron chi connectivity index (χ3n) is 3.32. The van der Waals surface area contributed by atoms with E-state index in [1.165, 1.54) is 8.05 Å². The minimum atomic E-state index is -1.12. The monoisotopic (exact) mass is 316 g/mol. The van der Waals surface area contributed by atoms with Gasteiger partial charge in [-0.3, -0.25) is 4.79 Å². The number of carbonyl (C=O) groups excluding carboxylic acids is 1. The summed E-state index contributed by atoms with van der Waals surface area (Å²) in [4.78, 5) is 11.5. The first-order valence-corrected chi connectivity index (χ1v) is 8.62. The molecular weight excluding hydrogens is 283 g/mol. The molecule has 0 saturated heterocycles. The van der Waals surface area contributed by atoms with Crippen LogP contribution in [0.25, 0.3) is 0 Å². The van der Waals surface area contributed by atoms with Crippen LogP contribution in [0.1, 0.15) is 72.1 Å². The molecule has 22 heavy (non-hydrogen) atoms. The lowest BCUT2D eigenvalue weighted by atomic mass is 10.2. The molecule has 0 bridgehead atoms. The minimum Gasteiger partial charge on any atom is -0.543 e. The molecule has 0 unspecified atom stereocenters. The van der Waals surface area contributed by atoms with Crippen LogP contribution in [0.4, 0.5) is 0 Å². The summed E-state index contributed by atoms with van der Waals surface area (Å²) >= 11 is 0. The SMILES string of the molecule is BOC(=O)CCC(OCCCC)(OCCCC)OCCCC. The Kier molecular flexibility index (Phi) is 13.7. The predicted octanol–water partition coefficient (Wildman–Crippen LogP) is 2.96. The first-order valence-electron chi connectivity index (χ1n) is 8.62. The molecule has 0 aliphatic carbocycles. The van der Waals surface area contributed by atoms with Crippen molar-refractivity contribution in [3.63, 3.8) is 0 Å². The Hall–Kier alpha value is -0.585. The number of rotatable bonds is 15. The smallest absolute Gasteiger partial charge is 0.325 e. The van der Waals surface area contributed by atoms with Crippen molar-refractivity contribution in [2.45, 2.75) is 78.1 Å². The highest BCUT2D eigenvalue weighted by molar-refractivity contribution is 6.05. The van der Waals surface area contributed by atoms with E-state index in [1.807, 2.05) is 0 Å². The standard InChI is InChI=1S/C16H33BO5/c1-4-7-12-19-16(20-13-8-5-2,21-14-9-6-3)11-10-15(18)22-17/h4-14,17H2,1-3H3. The van der Waals surface area contributed by atoms with Crippen LogP contribution in [0.15, 0.2) is 0 Å². The highest BCUT2D eigenvalue weighted by Gasteiger charge is 2.34. The summed E-state index contributed by atoms with van der Waals surface area (Å²) in [7, 11) is 1.39. The Bertz CT molecular complexity index is 247. The Morgan fingerprint density at radius 2 is 1.27 bits per heavy atom. The van der Waals surface area contributed by atoms with Crippen molar-refractivity contribution in [1.82, 2.24) is 0 Å². The summed E-state index contributed by atoms with van der Waals surface area (Å²) in [6, 6.07) is 0. The summed E-state index contributed by atoms with van der Waals surface area (Å²) in [6.07, 6.45) is 6.51. The van der Waals surface area contributed by atoms with E-state index in [2.05, 4.69) is 20.8 Å². The first kappa shape index (κ1) is 21.4. The van der Waals surface area contributed by atoms with Gasteiger partial charge in [0.15, 0.2) is 0 Å². The normalized spacial score (nSPS) is 11.6. The van der Waals surface area contributed by atoms with Gasteiger partial charge in [0.05, 0.1) is 26.2 Å². The lowest BCUT2D eigenvalue weighted by Gasteiger charge is -2.33. The van der Waals surface area contributed by atoms with E-state index in [-0.39, 0.29) is 12.4 Å². The molecule has 0 aromatic heterocycles. The third kappa shape index (κ3) is 10.2. The fraction of sp³-hybridized carbons (Fsp3) is 0.938. The molecule has 0 atom stereocenters. The van der Waals surface area contributed by atoms with Gasteiger partial charge in [-0.05, 0) is 19.3 Å². The molecule has 0 heterocycles. The minimum absolute atomic E-state index is 0.223. The molecule has 5 nitrogen and oxygen atoms in total. The van der Waals surface area contributed by atoms with E-state index >= 15 is 0 Å². The zero-order valence-electron chi connectivity index (χ0n) is 14.8. The summed E-state index contributed by atoms with van der Waals surface area (Å²) in [6.45, 7) is 8.02. The first-order chi connectivity index (χ1) is 10.6. The molecule has 0 aliphatic heterocycles. The van der Waals surface area contributed by atoms with Crippen LogP contribution in [0.5, 0.6) is 0 Å². The fourth-order valence-electron chi connectivity index (χ4n) is 1.81. The molecule has 6 heteroatoms. The van der Waals surface area contributed by atoms with Crippen LogP contribution >= 0.6 is 0 Å². The van der Waals surface area contributed by atoms with Gasteiger partial charge in [0.2, 0.25) is 0 Å². The van der Waals surface area contributed by atoms with Crippen LogP contribution in [-0.2, 0) is 23.7 Å². The lowest BCUT2D eigenvalue weighted by Crippen LogP contribution is -2.41. The third-order valence-corrected chi connectivity index (χ3v) is 3.32. The quantitative estimate of drug-likeness (QED) is 0.264. The van der Waals surface area contributed by atoms with Gasteiger partial charge in [0.25, 0.3) is 11.9 Å². The van der Waals surface area contributed by atoms with Gasteiger partial charge >= 0.3 is 8.05 Å². The molecule has 0 N–H and O–H groups in total.